The van der Waals surface area contributed by atoms with Gasteiger partial charge >= 0.3 is 0 Å². The number of carbonyl (C=O) groups is 1. The van der Waals surface area contributed by atoms with Gasteiger partial charge in [0.15, 0.2) is 5.16 Å². The average Bonchev–Trinajstić information content (AvgIpc) is 2.67. The van der Waals surface area contributed by atoms with E-state index < -0.39 is 0 Å². The molecule has 152 valence electrons. The van der Waals surface area contributed by atoms with E-state index in [-0.39, 0.29) is 17.2 Å². The summed E-state index contributed by atoms with van der Waals surface area (Å²) in [5.41, 5.74) is 0.920. The van der Waals surface area contributed by atoms with Crippen molar-refractivity contribution < 1.29 is 14.3 Å². The fourth-order valence-electron chi connectivity index (χ4n) is 2.23. The van der Waals surface area contributed by atoms with E-state index in [1.165, 1.54) is 20.3 Å². The van der Waals surface area contributed by atoms with E-state index in [2.05, 4.69) is 22.2 Å². The largest absolute Gasteiger partial charge is 0.495 e. The van der Waals surface area contributed by atoms with Gasteiger partial charge in [-0.05, 0) is 12.2 Å². The molecule has 1 aromatic heterocycles. The molecule has 0 saturated carbocycles. The number of amides is 1. The monoisotopic (exact) mass is 443 g/mol. The summed E-state index contributed by atoms with van der Waals surface area (Å²) < 4.78 is 10.4. The molecule has 0 saturated heterocycles. The minimum atomic E-state index is -0.277. The Morgan fingerprint density at radius 3 is 2.68 bits per heavy atom. The number of H-pyrrole nitrogens is 1. The van der Waals surface area contributed by atoms with Crippen molar-refractivity contribution in [1.29, 1.82) is 0 Å². The summed E-state index contributed by atoms with van der Waals surface area (Å²) in [6, 6.07) is 4.65. The van der Waals surface area contributed by atoms with Gasteiger partial charge in [-0.1, -0.05) is 30.3 Å². The van der Waals surface area contributed by atoms with Crippen LogP contribution >= 0.6 is 35.1 Å². The quantitative estimate of drug-likeness (QED) is 0.327. The predicted molar refractivity (Wildman–Crippen MR) is 115 cm³/mol. The fraction of sp³-hybridized carbons (Fsp3) is 0.389. The van der Waals surface area contributed by atoms with Crippen LogP contribution in [-0.4, -0.2) is 41.6 Å². The lowest BCUT2D eigenvalue weighted by atomic mass is 10.2. The lowest BCUT2D eigenvalue weighted by molar-refractivity contribution is -0.113. The number of carbonyl (C=O) groups excluding carboxylic acids is 1. The van der Waals surface area contributed by atoms with Gasteiger partial charge in [0, 0.05) is 24.0 Å². The number of ether oxygens (including phenoxy) is 2. The van der Waals surface area contributed by atoms with Crippen molar-refractivity contribution >= 4 is 46.7 Å². The molecule has 0 atom stereocenters. The number of rotatable bonds is 10. The second-order valence-corrected chi connectivity index (χ2v) is 8.09. The molecule has 2 N–H and O–H groups in total. The Labute approximate surface area is 176 Å². The Bertz CT molecular complexity index is 876. The first-order valence-corrected chi connectivity index (χ1v) is 11.0. The van der Waals surface area contributed by atoms with E-state index >= 15 is 0 Å². The second-order valence-electron chi connectivity index (χ2n) is 5.62. The number of nitrogens with one attached hydrogen (secondary N) is 2. The molecule has 0 radical (unpaired) electrons. The lowest BCUT2D eigenvalue weighted by Gasteiger charge is -2.13. The smallest absolute Gasteiger partial charge is 0.251 e. The molecule has 1 amide bonds. The maximum absolute atomic E-state index is 12.3. The average molecular weight is 444 g/mol. The van der Waals surface area contributed by atoms with Crippen LogP contribution in [0, 0.1) is 0 Å². The third kappa shape index (κ3) is 6.65. The van der Waals surface area contributed by atoms with Gasteiger partial charge in [-0.2, -0.15) is 11.8 Å². The van der Waals surface area contributed by atoms with Gasteiger partial charge in [-0.3, -0.25) is 9.59 Å². The van der Waals surface area contributed by atoms with Crippen molar-refractivity contribution in [3.63, 3.8) is 0 Å². The Hall–Kier alpha value is -1.84. The summed E-state index contributed by atoms with van der Waals surface area (Å²) in [6.07, 6.45) is 1.06. The molecule has 0 aliphatic rings. The van der Waals surface area contributed by atoms with E-state index in [9.17, 15) is 9.59 Å². The van der Waals surface area contributed by atoms with Crippen LogP contribution in [0.5, 0.6) is 11.5 Å². The lowest BCUT2D eigenvalue weighted by Crippen LogP contribution is -2.16. The van der Waals surface area contributed by atoms with Crippen LogP contribution in [-0.2, 0) is 10.5 Å². The summed E-state index contributed by atoms with van der Waals surface area (Å²) >= 11 is 8.94. The van der Waals surface area contributed by atoms with Crippen molar-refractivity contribution in [2.75, 3.05) is 31.0 Å². The summed E-state index contributed by atoms with van der Waals surface area (Å²) in [6.45, 7) is 2.10. The summed E-state index contributed by atoms with van der Waals surface area (Å²) in [5.74, 6) is 2.31. The standard InChI is InChI=1S/C18H22ClN3O4S2/c1-4-5-27-9-11-6-16(23)22-18(20-11)28-10-17(24)21-13-8-14(25-2)12(19)7-15(13)26-3/h6-8H,4-5,9-10H2,1-3H3,(H,21,24)(H,20,22,23). The van der Waals surface area contributed by atoms with Crippen LogP contribution in [0.15, 0.2) is 28.2 Å². The topological polar surface area (TPSA) is 93.3 Å². The maximum atomic E-state index is 12.3. The van der Waals surface area contributed by atoms with Crippen LogP contribution in [0.25, 0.3) is 0 Å². The van der Waals surface area contributed by atoms with Crippen LogP contribution in [0.2, 0.25) is 5.02 Å². The van der Waals surface area contributed by atoms with Crippen molar-refractivity contribution in [2.45, 2.75) is 24.3 Å². The van der Waals surface area contributed by atoms with Gasteiger partial charge in [0.25, 0.3) is 5.56 Å². The molecule has 1 aromatic carbocycles. The third-order valence-corrected chi connectivity index (χ3v) is 5.82. The minimum absolute atomic E-state index is 0.0720. The minimum Gasteiger partial charge on any atom is -0.495 e. The number of aromatic amines is 1. The van der Waals surface area contributed by atoms with E-state index in [0.717, 1.165) is 23.9 Å². The summed E-state index contributed by atoms with van der Waals surface area (Å²) in [7, 11) is 2.97. The Morgan fingerprint density at radius 2 is 2.00 bits per heavy atom. The number of hydrogen-bond acceptors (Lipinski definition) is 7. The molecule has 0 unspecified atom stereocenters. The molecule has 7 nitrogen and oxygen atoms in total. The number of hydrogen-bond donors (Lipinski definition) is 2. The number of anilines is 1. The highest BCUT2D eigenvalue weighted by Crippen LogP contribution is 2.35. The van der Waals surface area contributed by atoms with Crippen LogP contribution in [0.3, 0.4) is 0 Å². The van der Waals surface area contributed by atoms with E-state index in [0.29, 0.717) is 38.8 Å². The van der Waals surface area contributed by atoms with Crippen molar-refractivity contribution in [3.8, 4) is 11.5 Å². The zero-order valence-corrected chi connectivity index (χ0v) is 18.2. The second kappa shape index (κ2) is 11.2. The van der Waals surface area contributed by atoms with Crippen LogP contribution in [0.4, 0.5) is 5.69 Å². The van der Waals surface area contributed by atoms with E-state index in [1.54, 1.807) is 23.9 Å². The Balaban J connectivity index is 2.02. The number of methoxy groups -OCH3 is 2. The highest BCUT2D eigenvalue weighted by atomic mass is 35.5. The zero-order chi connectivity index (χ0) is 20.5. The normalized spacial score (nSPS) is 10.6. The molecule has 28 heavy (non-hydrogen) atoms. The molecular formula is C18H22ClN3O4S2. The van der Waals surface area contributed by atoms with Crippen molar-refractivity contribution in [3.05, 3.63) is 39.3 Å². The molecule has 0 aliphatic heterocycles. The molecular weight excluding hydrogens is 422 g/mol. The maximum Gasteiger partial charge on any atom is 0.251 e. The molecule has 0 bridgehead atoms. The molecule has 10 heteroatoms. The summed E-state index contributed by atoms with van der Waals surface area (Å²) in [4.78, 5) is 31.2. The first-order chi connectivity index (χ1) is 13.5. The molecule has 0 fully saturated rings. The van der Waals surface area contributed by atoms with E-state index in [1.807, 2.05) is 0 Å². The third-order valence-electron chi connectivity index (χ3n) is 3.46. The van der Waals surface area contributed by atoms with Gasteiger partial charge in [0.05, 0.1) is 36.4 Å². The molecule has 1 heterocycles. The van der Waals surface area contributed by atoms with Gasteiger partial charge in [0.1, 0.15) is 11.5 Å². The fourth-order valence-corrected chi connectivity index (χ4v) is 3.94. The van der Waals surface area contributed by atoms with Gasteiger partial charge in [-0.15, -0.1) is 0 Å². The SMILES string of the molecule is CCCSCc1cc(=O)[nH]c(SCC(=O)Nc2cc(OC)c(Cl)cc2OC)n1. The van der Waals surface area contributed by atoms with E-state index in [4.69, 9.17) is 21.1 Å². The Kier molecular flexibility index (Phi) is 9.01. The van der Waals surface area contributed by atoms with Crippen LogP contribution in [0.1, 0.15) is 19.0 Å². The van der Waals surface area contributed by atoms with Crippen LogP contribution < -0.4 is 20.3 Å². The number of aromatic nitrogens is 2. The molecule has 0 aliphatic carbocycles. The Morgan fingerprint density at radius 1 is 1.25 bits per heavy atom. The first-order valence-electron chi connectivity index (χ1n) is 8.49. The van der Waals surface area contributed by atoms with Gasteiger partial charge in [-0.25, -0.2) is 4.98 Å². The highest BCUT2D eigenvalue weighted by molar-refractivity contribution is 7.99. The van der Waals surface area contributed by atoms with Crippen molar-refractivity contribution in [2.24, 2.45) is 0 Å². The van der Waals surface area contributed by atoms with Crippen molar-refractivity contribution in [1.82, 2.24) is 9.97 Å². The first kappa shape index (κ1) is 22.4. The summed E-state index contributed by atoms with van der Waals surface area (Å²) in [5, 5.41) is 3.55. The number of halogens is 1. The number of benzene rings is 1. The molecule has 2 rings (SSSR count). The van der Waals surface area contributed by atoms with Gasteiger partial charge in [0.2, 0.25) is 5.91 Å². The van der Waals surface area contributed by atoms with Gasteiger partial charge < -0.3 is 19.8 Å². The zero-order valence-electron chi connectivity index (χ0n) is 15.8. The molecule has 2 aromatic rings. The number of nitrogens with zero attached hydrogens (tertiary/aromatic N) is 1. The highest BCUT2D eigenvalue weighted by Gasteiger charge is 2.13. The number of thioether (sulfide) groups is 2. The molecule has 0 spiro atoms. The predicted octanol–water partition coefficient (Wildman–Crippen LogP) is 3.81.